The van der Waals surface area contributed by atoms with Gasteiger partial charge in [0, 0.05) is 12.3 Å². The van der Waals surface area contributed by atoms with Crippen molar-refractivity contribution in [2.24, 2.45) is 17.3 Å². The van der Waals surface area contributed by atoms with Crippen molar-refractivity contribution in [2.75, 3.05) is 0 Å². The van der Waals surface area contributed by atoms with E-state index < -0.39 is 11.6 Å². The van der Waals surface area contributed by atoms with Crippen molar-refractivity contribution in [1.82, 2.24) is 0 Å². The summed E-state index contributed by atoms with van der Waals surface area (Å²) in [4.78, 5) is 12.7. The average Bonchev–Trinajstić information content (AvgIpc) is 2.78. The highest BCUT2D eigenvalue weighted by Gasteiger charge is 2.59. The fourth-order valence-electron chi connectivity index (χ4n) is 4.89. The molecule has 0 aliphatic heterocycles. The number of aromatic hydroxyl groups is 1. The van der Waals surface area contributed by atoms with E-state index in [1.54, 1.807) is 12.1 Å². The Bertz CT molecular complexity index is 705. The van der Waals surface area contributed by atoms with Gasteiger partial charge in [-0.1, -0.05) is 32.4 Å². The summed E-state index contributed by atoms with van der Waals surface area (Å²) in [6.07, 6.45) is 5.13. The van der Waals surface area contributed by atoms with Crippen molar-refractivity contribution in [1.29, 1.82) is 0 Å². The van der Waals surface area contributed by atoms with E-state index in [0.717, 1.165) is 19.3 Å². The summed E-state index contributed by atoms with van der Waals surface area (Å²) < 4.78 is 5.97. The quantitative estimate of drug-likeness (QED) is 0.618. The lowest BCUT2D eigenvalue weighted by atomic mass is 9.67. The van der Waals surface area contributed by atoms with E-state index in [1.807, 2.05) is 0 Å². The molecule has 26 heavy (non-hydrogen) atoms. The van der Waals surface area contributed by atoms with Crippen molar-refractivity contribution < 1.29 is 19.7 Å². The van der Waals surface area contributed by atoms with Gasteiger partial charge in [0.25, 0.3) is 0 Å². The number of esters is 1. The second-order valence-corrected chi connectivity index (χ2v) is 8.73. The summed E-state index contributed by atoms with van der Waals surface area (Å²) >= 11 is 0. The SMILES string of the molecule is CC1=CCC2(C)CCC(O)(C(C)C)C2C(OC(=O)c2ccc(O)cc2)C1. The van der Waals surface area contributed by atoms with Crippen LogP contribution in [-0.4, -0.2) is 27.9 Å². The third kappa shape index (κ3) is 3.27. The van der Waals surface area contributed by atoms with Gasteiger partial charge in [-0.05, 0) is 61.8 Å². The molecule has 142 valence electrons. The molecule has 0 radical (unpaired) electrons. The number of phenolic OH excluding ortho intramolecular Hbond substituents is 1. The Labute approximate surface area is 155 Å². The molecule has 1 fully saturated rings. The minimum Gasteiger partial charge on any atom is -0.508 e. The van der Waals surface area contributed by atoms with Crippen molar-refractivity contribution in [3.8, 4) is 5.75 Å². The van der Waals surface area contributed by atoms with E-state index in [0.29, 0.717) is 12.0 Å². The minimum atomic E-state index is -0.826. The zero-order valence-corrected chi connectivity index (χ0v) is 16.2. The van der Waals surface area contributed by atoms with Crippen LogP contribution in [0.5, 0.6) is 5.75 Å². The van der Waals surface area contributed by atoms with Crippen LogP contribution in [-0.2, 0) is 4.74 Å². The van der Waals surface area contributed by atoms with Crippen LogP contribution in [0.2, 0.25) is 0 Å². The van der Waals surface area contributed by atoms with Crippen molar-refractivity contribution in [2.45, 2.75) is 65.1 Å². The van der Waals surface area contributed by atoms with Gasteiger partial charge in [0.05, 0.1) is 11.2 Å². The zero-order chi connectivity index (χ0) is 19.1. The van der Waals surface area contributed by atoms with Gasteiger partial charge >= 0.3 is 5.97 Å². The van der Waals surface area contributed by atoms with Crippen LogP contribution in [0.15, 0.2) is 35.9 Å². The Morgan fingerprint density at radius 2 is 1.88 bits per heavy atom. The number of rotatable bonds is 3. The Morgan fingerprint density at radius 1 is 1.23 bits per heavy atom. The smallest absolute Gasteiger partial charge is 0.338 e. The number of phenols is 1. The van der Waals surface area contributed by atoms with Crippen LogP contribution < -0.4 is 0 Å². The molecular weight excluding hydrogens is 328 g/mol. The Morgan fingerprint density at radius 3 is 2.50 bits per heavy atom. The van der Waals surface area contributed by atoms with E-state index in [1.165, 1.54) is 17.7 Å². The number of aliphatic hydroxyl groups is 1. The summed E-state index contributed by atoms with van der Waals surface area (Å²) in [6.45, 7) is 8.39. The number of carbonyl (C=O) groups is 1. The van der Waals surface area contributed by atoms with Crippen molar-refractivity contribution >= 4 is 5.97 Å². The Hall–Kier alpha value is -1.81. The Kier molecular flexibility index (Phi) is 4.91. The predicted molar refractivity (Wildman–Crippen MR) is 101 cm³/mol. The average molecular weight is 358 g/mol. The van der Waals surface area contributed by atoms with Gasteiger partial charge in [-0.3, -0.25) is 0 Å². The van der Waals surface area contributed by atoms with Crippen molar-refractivity contribution in [3.63, 3.8) is 0 Å². The summed E-state index contributed by atoms with van der Waals surface area (Å²) in [5, 5.41) is 20.9. The first-order valence-corrected chi connectivity index (χ1v) is 9.54. The van der Waals surface area contributed by atoms with Gasteiger partial charge < -0.3 is 14.9 Å². The third-order valence-electron chi connectivity index (χ3n) is 6.56. The van der Waals surface area contributed by atoms with Crippen LogP contribution in [0.25, 0.3) is 0 Å². The molecule has 2 aliphatic carbocycles. The normalized spacial score (nSPS) is 34.2. The van der Waals surface area contributed by atoms with E-state index in [4.69, 9.17) is 4.74 Å². The van der Waals surface area contributed by atoms with Crippen LogP contribution in [0.1, 0.15) is 63.7 Å². The maximum absolute atomic E-state index is 12.7. The molecule has 0 spiro atoms. The van der Waals surface area contributed by atoms with E-state index in [-0.39, 0.29) is 29.1 Å². The summed E-state index contributed by atoms with van der Waals surface area (Å²) in [5.41, 5.74) is 0.723. The molecule has 1 saturated carbocycles. The van der Waals surface area contributed by atoms with Crippen LogP contribution in [0.4, 0.5) is 0 Å². The molecule has 4 atom stereocenters. The number of hydrogen-bond acceptors (Lipinski definition) is 4. The molecular formula is C22H30O4. The maximum atomic E-state index is 12.7. The molecule has 3 rings (SSSR count). The largest absolute Gasteiger partial charge is 0.508 e. The lowest BCUT2D eigenvalue weighted by molar-refractivity contribution is -0.112. The highest BCUT2D eigenvalue weighted by molar-refractivity contribution is 5.89. The van der Waals surface area contributed by atoms with Gasteiger partial charge in [-0.25, -0.2) is 4.79 Å². The summed E-state index contributed by atoms with van der Waals surface area (Å²) in [6, 6.07) is 6.11. The summed E-state index contributed by atoms with van der Waals surface area (Å²) in [7, 11) is 0. The Balaban J connectivity index is 1.92. The monoisotopic (exact) mass is 358 g/mol. The molecule has 0 aromatic heterocycles. The molecule has 1 aromatic carbocycles. The van der Waals surface area contributed by atoms with E-state index in [9.17, 15) is 15.0 Å². The highest BCUT2D eigenvalue weighted by Crippen LogP contribution is 2.58. The fourth-order valence-corrected chi connectivity index (χ4v) is 4.89. The first-order valence-electron chi connectivity index (χ1n) is 9.54. The van der Waals surface area contributed by atoms with Crippen LogP contribution >= 0.6 is 0 Å². The van der Waals surface area contributed by atoms with Gasteiger partial charge in [0.2, 0.25) is 0 Å². The predicted octanol–water partition coefficient (Wildman–Crippen LogP) is 4.46. The molecule has 2 aliphatic rings. The molecule has 4 heteroatoms. The second-order valence-electron chi connectivity index (χ2n) is 8.73. The fraction of sp³-hybridized carbons (Fsp3) is 0.591. The second kappa shape index (κ2) is 6.73. The van der Waals surface area contributed by atoms with Gasteiger partial charge in [-0.15, -0.1) is 0 Å². The number of benzene rings is 1. The number of carbonyl (C=O) groups excluding carboxylic acids is 1. The highest BCUT2D eigenvalue weighted by atomic mass is 16.5. The zero-order valence-electron chi connectivity index (χ0n) is 16.2. The lowest BCUT2D eigenvalue weighted by Crippen LogP contribution is -2.50. The molecule has 1 aromatic rings. The maximum Gasteiger partial charge on any atom is 0.338 e. The lowest BCUT2D eigenvalue weighted by Gasteiger charge is -2.43. The first kappa shape index (κ1) is 19.0. The molecule has 0 saturated heterocycles. The van der Waals surface area contributed by atoms with Gasteiger partial charge in [-0.2, -0.15) is 0 Å². The number of ether oxygens (including phenoxy) is 1. The number of allylic oxidation sites excluding steroid dienone is 1. The molecule has 4 nitrogen and oxygen atoms in total. The third-order valence-corrected chi connectivity index (χ3v) is 6.56. The topological polar surface area (TPSA) is 66.8 Å². The van der Waals surface area contributed by atoms with Gasteiger partial charge in [0.15, 0.2) is 0 Å². The standard InChI is InChI=1S/C22H30O4/c1-14(2)22(25)12-11-21(4)10-9-15(3)13-18(19(21)22)26-20(24)16-5-7-17(23)8-6-16/h5-9,14,18-19,23,25H,10-13H2,1-4H3. The van der Waals surface area contributed by atoms with E-state index in [2.05, 4.69) is 33.8 Å². The molecule has 0 heterocycles. The number of hydrogen-bond donors (Lipinski definition) is 2. The molecule has 2 N–H and O–H groups in total. The molecule has 4 unspecified atom stereocenters. The minimum absolute atomic E-state index is 0.0727. The molecule has 0 amide bonds. The van der Waals surface area contributed by atoms with Crippen molar-refractivity contribution in [3.05, 3.63) is 41.5 Å². The number of fused-ring (bicyclic) bond motifs is 1. The summed E-state index contributed by atoms with van der Waals surface area (Å²) in [5.74, 6) is -0.273. The van der Waals surface area contributed by atoms with Crippen LogP contribution in [0.3, 0.4) is 0 Å². The molecule has 0 bridgehead atoms. The van der Waals surface area contributed by atoms with Gasteiger partial charge in [0.1, 0.15) is 11.9 Å². The first-order chi connectivity index (χ1) is 12.2. The van der Waals surface area contributed by atoms with Crippen LogP contribution in [0, 0.1) is 17.3 Å². The van der Waals surface area contributed by atoms with E-state index >= 15 is 0 Å².